The summed E-state index contributed by atoms with van der Waals surface area (Å²) in [5.74, 6) is -0.119. The number of cyclic esters (lactones) is 1. The monoisotopic (exact) mass is 154 g/mol. The maximum Gasteiger partial charge on any atom is 0.334 e. The Hall–Kier alpha value is -0.790. The van der Waals surface area contributed by atoms with E-state index in [-0.39, 0.29) is 12.1 Å². The van der Waals surface area contributed by atoms with E-state index in [0.717, 1.165) is 24.8 Å². The molecule has 2 heteroatoms. The van der Waals surface area contributed by atoms with Crippen LogP contribution in [-0.2, 0) is 9.53 Å². The first-order chi connectivity index (χ1) is 5.24. The summed E-state index contributed by atoms with van der Waals surface area (Å²) in [6.07, 6.45) is 4.99. The van der Waals surface area contributed by atoms with Crippen LogP contribution in [0.3, 0.4) is 0 Å². The lowest BCUT2D eigenvalue weighted by Crippen LogP contribution is -2.03. The van der Waals surface area contributed by atoms with Crippen LogP contribution >= 0.6 is 0 Å². The lowest BCUT2D eigenvalue weighted by atomic mass is 10.1. The van der Waals surface area contributed by atoms with E-state index < -0.39 is 0 Å². The molecule has 1 atom stereocenters. The maximum atomic E-state index is 11.0. The highest BCUT2D eigenvalue weighted by Gasteiger charge is 2.20. The van der Waals surface area contributed by atoms with Gasteiger partial charge in [0.2, 0.25) is 0 Å². The van der Waals surface area contributed by atoms with Gasteiger partial charge in [0.15, 0.2) is 0 Å². The quantitative estimate of drug-likeness (QED) is 0.581. The van der Waals surface area contributed by atoms with Crippen molar-refractivity contribution in [1.29, 1.82) is 0 Å². The Morgan fingerprint density at radius 3 is 2.82 bits per heavy atom. The molecule has 0 fully saturated rings. The standard InChI is InChI=1S/C9H14O2/c1-3-4-5-8-6-7(2)11-9(8)10/h6-7H,3-5H2,1-2H3/t7-/m1/s1. The first-order valence-electron chi connectivity index (χ1n) is 4.15. The number of ether oxygens (including phenoxy) is 1. The molecule has 0 unspecified atom stereocenters. The Kier molecular flexibility index (Phi) is 2.69. The molecule has 1 aliphatic rings. The molecule has 0 amide bonds. The van der Waals surface area contributed by atoms with E-state index in [0.29, 0.717) is 0 Å². The van der Waals surface area contributed by atoms with Gasteiger partial charge < -0.3 is 4.74 Å². The van der Waals surface area contributed by atoms with Crippen LogP contribution in [0.15, 0.2) is 11.6 Å². The molecular formula is C9H14O2. The molecule has 0 saturated heterocycles. The van der Waals surface area contributed by atoms with Crippen LogP contribution < -0.4 is 0 Å². The Bertz CT molecular complexity index is 182. The highest BCUT2D eigenvalue weighted by atomic mass is 16.5. The molecule has 62 valence electrons. The fourth-order valence-electron chi connectivity index (χ4n) is 1.18. The number of rotatable bonds is 3. The predicted molar refractivity (Wildman–Crippen MR) is 43.2 cm³/mol. The van der Waals surface area contributed by atoms with Gasteiger partial charge in [-0.2, -0.15) is 0 Å². The van der Waals surface area contributed by atoms with Crippen molar-refractivity contribution >= 4 is 5.97 Å². The van der Waals surface area contributed by atoms with Gasteiger partial charge in [0.25, 0.3) is 0 Å². The molecule has 0 saturated carbocycles. The van der Waals surface area contributed by atoms with E-state index in [1.54, 1.807) is 0 Å². The van der Waals surface area contributed by atoms with Gasteiger partial charge in [-0.05, 0) is 25.8 Å². The molecule has 0 radical (unpaired) electrons. The summed E-state index contributed by atoms with van der Waals surface area (Å²) < 4.78 is 4.94. The normalized spacial score (nSPS) is 23.3. The van der Waals surface area contributed by atoms with Crippen molar-refractivity contribution in [2.45, 2.75) is 39.2 Å². The number of hydrogen-bond acceptors (Lipinski definition) is 2. The van der Waals surface area contributed by atoms with Crippen LogP contribution in [0.25, 0.3) is 0 Å². The van der Waals surface area contributed by atoms with Gasteiger partial charge in [-0.15, -0.1) is 0 Å². The Labute approximate surface area is 67.2 Å². The van der Waals surface area contributed by atoms with Crippen molar-refractivity contribution in [2.24, 2.45) is 0 Å². The molecule has 2 nitrogen and oxygen atoms in total. The number of carbonyl (C=O) groups excluding carboxylic acids is 1. The number of esters is 1. The second-order valence-electron chi connectivity index (χ2n) is 2.91. The molecule has 1 aliphatic heterocycles. The second-order valence-corrected chi connectivity index (χ2v) is 2.91. The van der Waals surface area contributed by atoms with Crippen molar-refractivity contribution in [2.75, 3.05) is 0 Å². The summed E-state index contributed by atoms with van der Waals surface area (Å²) in [5, 5.41) is 0. The predicted octanol–water partition coefficient (Wildman–Crippen LogP) is 2.05. The molecule has 0 bridgehead atoms. The molecule has 0 aromatic rings. The van der Waals surface area contributed by atoms with Crippen molar-refractivity contribution in [1.82, 2.24) is 0 Å². The molecule has 1 heterocycles. The van der Waals surface area contributed by atoms with Gasteiger partial charge in [0.05, 0.1) is 0 Å². The molecule has 1 rings (SSSR count). The van der Waals surface area contributed by atoms with E-state index in [1.807, 2.05) is 13.0 Å². The number of hydrogen-bond donors (Lipinski definition) is 0. The fraction of sp³-hybridized carbons (Fsp3) is 0.667. The largest absolute Gasteiger partial charge is 0.455 e. The summed E-state index contributed by atoms with van der Waals surface area (Å²) in [6, 6.07) is 0. The average Bonchev–Trinajstić information content (AvgIpc) is 2.26. The summed E-state index contributed by atoms with van der Waals surface area (Å²) in [4.78, 5) is 11.0. The van der Waals surface area contributed by atoms with Crippen LogP contribution in [0.4, 0.5) is 0 Å². The third kappa shape index (κ3) is 2.07. The van der Waals surface area contributed by atoms with E-state index in [4.69, 9.17) is 4.74 Å². The third-order valence-electron chi connectivity index (χ3n) is 1.79. The molecule has 0 aromatic carbocycles. The topological polar surface area (TPSA) is 26.3 Å². The molecule has 0 aliphatic carbocycles. The minimum Gasteiger partial charge on any atom is -0.455 e. The van der Waals surface area contributed by atoms with Crippen LogP contribution in [0.2, 0.25) is 0 Å². The van der Waals surface area contributed by atoms with Gasteiger partial charge in [-0.1, -0.05) is 13.3 Å². The minimum absolute atomic E-state index is 0.00523. The van der Waals surface area contributed by atoms with Crippen molar-refractivity contribution in [3.05, 3.63) is 11.6 Å². The van der Waals surface area contributed by atoms with Crippen molar-refractivity contribution in [3.8, 4) is 0 Å². The Morgan fingerprint density at radius 2 is 2.36 bits per heavy atom. The maximum absolute atomic E-state index is 11.0. The van der Waals surface area contributed by atoms with Crippen LogP contribution in [0.5, 0.6) is 0 Å². The van der Waals surface area contributed by atoms with E-state index in [2.05, 4.69) is 6.92 Å². The van der Waals surface area contributed by atoms with Gasteiger partial charge >= 0.3 is 5.97 Å². The fourth-order valence-corrected chi connectivity index (χ4v) is 1.18. The number of unbranched alkanes of at least 4 members (excludes halogenated alkanes) is 1. The van der Waals surface area contributed by atoms with E-state index in [9.17, 15) is 4.79 Å². The smallest absolute Gasteiger partial charge is 0.334 e. The summed E-state index contributed by atoms with van der Waals surface area (Å²) >= 11 is 0. The Morgan fingerprint density at radius 1 is 1.64 bits per heavy atom. The van der Waals surface area contributed by atoms with Crippen LogP contribution in [0.1, 0.15) is 33.1 Å². The number of carbonyl (C=O) groups is 1. The van der Waals surface area contributed by atoms with E-state index >= 15 is 0 Å². The van der Waals surface area contributed by atoms with E-state index in [1.165, 1.54) is 0 Å². The van der Waals surface area contributed by atoms with Crippen LogP contribution in [0, 0.1) is 0 Å². The molecular weight excluding hydrogens is 140 g/mol. The summed E-state index contributed by atoms with van der Waals surface area (Å²) in [5.41, 5.74) is 0.861. The van der Waals surface area contributed by atoms with Gasteiger partial charge in [-0.3, -0.25) is 0 Å². The van der Waals surface area contributed by atoms with Crippen molar-refractivity contribution in [3.63, 3.8) is 0 Å². The zero-order chi connectivity index (χ0) is 8.27. The highest BCUT2D eigenvalue weighted by Crippen LogP contribution is 2.18. The van der Waals surface area contributed by atoms with Gasteiger partial charge in [0.1, 0.15) is 6.10 Å². The minimum atomic E-state index is -0.119. The highest BCUT2D eigenvalue weighted by molar-refractivity contribution is 5.90. The molecule has 0 aromatic heterocycles. The lowest BCUT2D eigenvalue weighted by molar-refractivity contribution is -0.139. The lowest BCUT2D eigenvalue weighted by Gasteiger charge is -1.98. The van der Waals surface area contributed by atoms with Crippen molar-refractivity contribution < 1.29 is 9.53 Å². The Balaban J connectivity index is 2.43. The average molecular weight is 154 g/mol. The third-order valence-corrected chi connectivity index (χ3v) is 1.79. The summed E-state index contributed by atoms with van der Waals surface area (Å²) in [7, 11) is 0. The second kappa shape index (κ2) is 3.56. The zero-order valence-corrected chi connectivity index (χ0v) is 7.09. The molecule has 0 spiro atoms. The SMILES string of the molecule is CCCCC1=C[C@@H](C)OC1=O. The first-order valence-corrected chi connectivity index (χ1v) is 4.15. The molecule has 11 heavy (non-hydrogen) atoms. The summed E-state index contributed by atoms with van der Waals surface area (Å²) in [6.45, 7) is 4.00. The van der Waals surface area contributed by atoms with Crippen LogP contribution in [-0.4, -0.2) is 12.1 Å². The molecule has 0 N–H and O–H groups in total. The van der Waals surface area contributed by atoms with Gasteiger partial charge in [0, 0.05) is 5.57 Å². The zero-order valence-electron chi connectivity index (χ0n) is 7.09. The first kappa shape index (κ1) is 8.31. The van der Waals surface area contributed by atoms with Gasteiger partial charge in [-0.25, -0.2) is 4.79 Å².